The Morgan fingerprint density at radius 1 is 1.32 bits per heavy atom. The molecule has 0 aliphatic heterocycles. The van der Waals surface area contributed by atoms with Gasteiger partial charge in [0.2, 0.25) is 0 Å². The summed E-state index contributed by atoms with van der Waals surface area (Å²) in [4.78, 5) is 12.2. The van der Waals surface area contributed by atoms with Crippen LogP contribution in [0.2, 0.25) is 0 Å². The van der Waals surface area contributed by atoms with Crippen LogP contribution in [0.25, 0.3) is 11.1 Å². The zero-order chi connectivity index (χ0) is 14.0. The number of nitrogens with zero attached hydrogens (tertiary/aromatic N) is 2. The van der Waals surface area contributed by atoms with Crippen LogP contribution in [0.15, 0.2) is 41.3 Å². The molecule has 0 radical (unpaired) electrons. The molecule has 0 amide bonds. The highest BCUT2D eigenvalue weighted by molar-refractivity contribution is 5.70. The van der Waals surface area contributed by atoms with Gasteiger partial charge in [0.25, 0.3) is 5.56 Å². The van der Waals surface area contributed by atoms with Crippen molar-refractivity contribution in [3.05, 3.63) is 52.4 Å². The zero-order valence-electron chi connectivity index (χ0n) is 10.8. The van der Waals surface area contributed by atoms with Crippen LogP contribution in [0.5, 0.6) is 5.75 Å². The molecule has 0 aliphatic rings. The number of pyridine rings is 1. The standard InChI is InChI=1S/C15H14N2O2/c1-10(2)17-7-6-13(14(9-16)15(17)19)11-4-3-5-12(18)8-11/h3-8,10,18H,1-2H3. The fourth-order valence-corrected chi connectivity index (χ4v) is 1.98. The topological polar surface area (TPSA) is 66.0 Å². The highest BCUT2D eigenvalue weighted by Crippen LogP contribution is 2.24. The van der Waals surface area contributed by atoms with Crippen molar-refractivity contribution in [2.24, 2.45) is 0 Å². The van der Waals surface area contributed by atoms with Gasteiger partial charge in [0.05, 0.1) is 0 Å². The summed E-state index contributed by atoms with van der Waals surface area (Å²) in [6.45, 7) is 3.77. The van der Waals surface area contributed by atoms with Gasteiger partial charge in [0.1, 0.15) is 17.4 Å². The first-order chi connectivity index (χ1) is 9.04. The van der Waals surface area contributed by atoms with Crippen LogP contribution in [0.3, 0.4) is 0 Å². The van der Waals surface area contributed by atoms with Gasteiger partial charge in [-0.1, -0.05) is 12.1 Å². The maximum absolute atomic E-state index is 12.2. The molecule has 96 valence electrons. The van der Waals surface area contributed by atoms with Crippen molar-refractivity contribution < 1.29 is 5.11 Å². The van der Waals surface area contributed by atoms with Crippen molar-refractivity contribution in [1.82, 2.24) is 4.57 Å². The highest BCUT2D eigenvalue weighted by atomic mass is 16.3. The third-order valence-corrected chi connectivity index (χ3v) is 2.94. The lowest BCUT2D eigenvalue weighted by molar-refractivity contribution is 0.475. The number of rotatable bonds is 2. The van der Waals surface area contributed by atoms with Crippen LogP contribution < -0.4 is 5.56 Å². The SMILES string of the molecule is CC(C)n1ccc(-c2cccc(O)c2)c(C#N)c1=O. The largest absolute Gasteiger partial charge is 0.508 e. The van der Waals surface area contributed by atoms with Crippen molar-refractivity contribution in [3.63, 3.8) is 0 Å². The van der Waals surface area contributed by atoms with Gasteiger partial charge in [-0.3, -0.25) is 4.79 Å². The molecule has 4 heteroatoms. The number of nitriles is 1. The Bertz CT molecular complexity index is 709. The third-order valence-electron chi connectivity index (χ3n) is 2.94. The lowest BCUT2D eigenvalue weighted by Crippen LogP contribution is -2.24. The van der Waals surface area contributed by atoms with Gasteiger partial charge in [0.15, 0.2) is 0 Å². The molecule has 19 heavy (non-hydrogen) atoms. The molecule has 0 bridgehead atoms. The molecule has 4 nitrogen and oxygen atoms in total. The normalized spacial score (nSPS) is 10.4. The zero-order valence-corrected chi connectivity index (χ0v) is 10.8. The first-order valence-corrected chi connectivity index (χ1v) is 5.99. The Morgan fingerprint density at radius 3 is 2.63 bits per heavy atom. The highest BCUT2D eigenvalue weighted by Gasteiger charge is 2.13. The molecule has 1 aromatic carbocycles. The molecule has 1 heterocycles. The summed E-state index contributed by atoms with van der Waals surface area (Å²) < 4.78 is 1.52. The summed E-state index contributed by atoms with van der Waals surface area (Å²) in [5.74, 6) is 0.106. The van der Waals surface area contributed by atoms with E-state index in [1.54, 1.807) is 30.5 Å². The van der Waals surface area contributed by atoms with Crippen LogP contribution in [0.1, 0.15) is 25.5 Å². The van der Waals surface area contributed by atoms with Crippen molar-refractivity contribution in [3.8, 4) is 22.9 Å². The van der Waals surface area contributed by atoms with E-state index in [0.29, 0.717) is 11.1 Å². The van der Waals surface area contributed by atoms with E-state index in [1.165, 1.54) is 10.6 Å². The minimum absolute atomic E-state index is 0.00201. The first-order valence-electron chi connectivity index (χ1n) is 5.99. The lowest BCUT2D eigenvalue weighted by atomic mass is 10.0. The maximum Gasteiger partial charge on any atom is 0.269 e. The molecule has 0 fully saturated rings. The Labute approximate surface area is 111 Å². The number of phenolic OH excluding ortho intramolecular Hbond substituents is 1. The molecule has 1 aromatic heterocycles. The third kappa shape index (κ3) is 2.36. The van der Waals surface area contributed by atoms with Crippen LogP contribution in [-0.2, 0) is 0 Å². The molecule has 0 aliphatic carbocycles. The fourth-order valence-electron chi connectivity index (χ4n) is 1.98. The average molecular weight is 254 g/mol. The molecular formula is C15H14N2O2. The number of hydrogen-bond acceptors (Lipinski definition) is 3. The molecule has 0 atom stereocenters. The quantitative estimate of drug-likeness (QED) is 0.896. The second kappa shape index (κ2) is 4.99. The van der Waals surface area contributed by atoms with E-state index in [2.05, 4.69) is 0 Å². The summed E-state index contributed by atoms with van der Waals surface area (Å²) in [5, 5.41) is 18.7. The molecule has 2 aromatic rings. The van der Waals surface area contributed by atoms with Gasteiger partial charge >= 0.3 is 0 Å². The van der Waals surface area contributed by atoms with Crippen LogP contribution in [0, 0.1) is 11.3 Å². The summed E-state index contributed by atoms with van der Waals surface area (Å²) in [7, 11) is 0. The Kier molecular flexibility index (Phi) is 3.39. The first kappa shape index (κ1) is 12.9. The summed E-state index contributed by atoms with van der Waals surface area (Å²) in [6.07, 6.45) is 1.67. The summed E-state index contributed by atoms with van der Waals surface area (Å²) >= 11 is 0. The van der Waals surface area contributed by atoms with E-state index in [9.17, 15) is 15.2 Å². The van der Waals surface area contributed by atoms with Crippen molar-refractivity contribution >= 4 is 0 Å². The van der Waals surface area contributed by atoms with Crippen LogP contribution >= 0.6 is 0 Å². The van der Waals surface area contributed by atoms with E-state index in [1.807, 2.05) is 19.9 Å². The van der Waals surface area contributed by atoms with Gasteiger partial charge in [-0.25, -0.2) is 0 Å². The molecule has 0 spiro atoms. The Hall–Kier alpha value is -2.54. The molecule has 0 saturated heterocycles. The molecule has 2 rings (SSSR count). The predicted octanol–water partition coefficient (Wildman–Crippen LogP) is 2.67. The molecule has 1 N–H and O–H groups in total. The summed E-state index contributed by atoms with van der Waals surface area (Å²) in [5.41, 5.74) is 0.991. The molecule has 0 unspecified atom stereocenters. The number of phenols is 1. The van der Waals surface area contributed by atoms with E-state index >= 15 is 0 Å². The van der Waals surface area contributed by atoms with Crippen molar-refractivity contribution in [2.75, 3.05) is 0 Å². The smallest absolute Gasteiger partial charge is 0.269 e. The number of aromatic hydroxyl groups is 1. The fraction of sp³-hybridized carbons (Fsp3) is 0.200. The number of hydrogen-bond donors (Lipinski definition) is 1. The van der Waals surface area contributed by atoms with Gasteiger partial charge in [-0.15, -0.1) is 0 Å². The van der Waals surface area contributed by atoms with E-state index in [0.717, 1.165) is 0 Å². The van der Waals surface area contributed by atoms with Crippen molar-refractivity contribution in [1.29, 1.82) is 5.26 Å². The Morgan fingerprint density at radius 2 is 2.05 bits per heavy atom. The number of benzene rings is 1. The molecule has 0 saturated carbocycles. The van der Waals surface area contributed by atoms with Gasteiger partial charge in [0, 0.05) is 17.8 Å². The summed E-state index contributed by atoms with van der Waals surface area (Å²) in [6, 6.07) is 10.2. The van der Waals surface area contributed by atoms with Gasteiger partial charge < -0.3 is 9.67 Å². The average Bonchev–Trinajstić information content (AvgIpc) is 2.37. The predicted molar refractivity (Wildman–Crippen MR) is 72.9 cm³/mol. The number of aromatic nitrogens is 1. The van der Waals surface area contributed by atoms with E-state index in [-0.39, 0.29) is 22.9 Å². The van der Waals surface area contributed by atoms with Gasteiger partial charge in [-0.05, 0) is 37.6 Å². The van der Waals surface area contributed by atoms with Crippen LogP contribution in [-0.4, -0.2) is 9.67 Å². The second-order valence-corrected chi connectivity index (χ2v) is 4.57. The Balaban J connectivity index is 2.70. The maximum atomic E-state index is 12.2. The van der Waals surface area contributed by atoms with Crippen molar-refractivity contribution in [2.45, 2.75) is 19.9 Å². The van der Waals surface area contributed by atoms with Gasteiger partial charge in [-0.2, -0.15) is 5.26 Å². The minimum Gasteiger partial charge on any atom is -0.508 e. The molecular weight excluding hydrogens is 240 g/mol. The van der Waals surface area contributed by atoms with E-state index < -0.39 is 0 Å². The lowest BCUT2D eigenvalue weighted by Gasteiger charge is -2.12. The minimum atomic E-state index is -0.307. The van der Waals surface area contributed by atoms with E-state index in [4.69, 9.17) is 0 Å². The van der Waals surface area contributed by atoms with Crippen LogP contribution in [0.4, 0.5) is 0 Å². The monoisotopic (exact) mass is 254 g/mol. The second-order valence-electron chi connectivity index (χ2n) is 4.57.